The first-order valence-corrected chi connectivity index (χ1v) is 11.2. The highest BCUT2D eigenvalue weighted by Gasteiger charge is 2.22. The topological polar surface area (TPSA) is 60.9 Å². The highest BCUT2D eigenvalue weighted by Crippen LogP contribution is 2.35. The van der Waals surface area contributed by atoms with Crippen molar-refractivity contribution in [3.05, 3.63) is 75.0 Å². The molecule has 0 fully saturated rings. The second-order valence-corrected chi connectivity index (χ2v) is 8.93. The van der Waals surface area contributed by atoms with E-state index >= 15 is 0 Å². The molecule has 28 heavy (non-hydrogen) atoms. The summed E-state index contributed by atoms with van der Waals surface area (Å²) in [5.41, 5.74) is 2.38. The predicted molar refractivity (Wildman–Crippen MR) is 112 cm³/mol. The summed E-state index contributed by atoms with van der Waals surface area (Å²) in [5.74, 6) is 1.48. The molecular formula is C21H19N3O2S2. The highest BCUT2D eigenvalue weighted by molar-refractivity contribution is 7.98. The van der Waals surface area contributed by atoms with E-state index < -0.39 is 0 Å². The molecule has 7 heteroatoms. The summed E-state index contributed by atoms with van der Waals surface area (Å²) in [5, 5.41) is 1.55. The van der Waals surface area contributed by atoms with Crippen LogP contribution in [0.3, 0.4) is 0 Å². The number of aromatic nitrogens is 3. The molecule has 0 aromatic carbocycles. The normalized spacial score (nSPS) is 13.7. The molecule has 142 valence electrons. The fraction of sp³-hybridized carbons (Fsp3) is 0.286. The minimum absolute atomic E-state index is 0.0505. The van der Waals surface area contributed by atoms with Crippen LogP contribution in [-0.2, 0) is 25.1 Å². The number of aryl methyl sites for hydroxylation is 2. The standard InChI is InChI=1S/C21H19N3O2S2/c25-20-18-16-7-1-2-8-17(16)28-19(18)23-21(24(20)12-15-6-4-10-26-15)27-13-14-5-3-9-22-11-14/h3-6,9-11H,1-2,7-8,12-13H2. The van der Waals surface area contributed by atoms with E-state index in [1.807, 2.05) is 30.5 Å². The highest BCUT2D eigenvalue weighted by atomic mass is 32.2. The fourth-order valence-electron chi connectivity index (χ4n) is 3.66. The van der Waals surface area contributed by atoms with Gasteiger partial charge in [-0.2, -0.15) is 0 Å². The number of fused-ring (bicyclic) bond motifs is 3. The molecule has 1 aliphatic rings. The van der Waals surface area contributed by atoms with Crippen molar-refractivity contribution >= 4 is 33.3 Å². The Kier molecular flexibility index (Phi) is 4.78. The fourth-order valence-corrected chi connectivity index (χ4v) is 5.89. The maximum absolute atomic E-state index is 13.5. The third-order valence-corrected chi connectivity index (χ3v) is 7.26. The Morgan fingerprint density at radius 2 is 2.14 bits per heavy atom. The van der Waals surface area contributed by atoms with E-state index in [2.05, 4.69) is 4.98 Å². The number of hydrogen-bond acceptors (Lipinski definition) is 6. The number of thioether (sulfide) groups is 1. The second-order valence-electron chi connectivity index (χ2n) is 6.91. The third kappa shape index (κ3) is 3.29. The summed E-state index contributed by atoms with van der Waals surface area (Å²) in [6.07, 6.45) is 9.64. The van der Waals surface area contributed by atoms with Crippen LogP contribution in [-0.4, -0.2) is 14.5 Å². The summed E-state index contributed by atoms with van der Waals surface area (Å²) in [6.45, 7) is 0.398. The van der Waals surface area contributed by atoms with Crippen LogP contribution in [0.2, 0.25) is 0 Å². The van der Waals surface area contributed by atoms with Crippen molar-refractivity contribution < 1.29 is 4.42 Å². The molecule has 0 N–H and O–H groups in total. The molecule has 0 spiro atoms. The van der Waals surface area contributed by atoms with E-state index in [-0.39, 0.29) is 5.56 Å². The van der Waals surface area contributed by atoms with Gasteiger partial charge in [0.25, 0.3) is 5.56 Å². The molecule has 0 bridgehead atoms. The van der Waals surface area contributed by atoms with E-state index in [1.165, 1.54) is 16.9 Å². The van der Waals surface area contributed by atoms with Crippen molar-refractivity contribution in [1.29, 1.82) is 0 Å². The number of thiophene rings is 1. The molecule has 5 nitrogen and oxygen atoms in total. The smallest absolute Gasteiger partial charge is 0.263 e. The van der Waals surface area contributed by atoms with Crippen LogP contribution in [0.25, 0.3) is 10.2 Å². The lowest BCUT2D eigenvalue weighted by molar-refractivity contribution is 0.476. The first-order chi connectivity index (χ1) is 13.8. The van der Waals surface area contributed by atoms with Crippen molar-refractivity contribution in [3.8, 4) is 0 Å². The molecule has 1 aliphatic carbocycles. The van der Waals surface area contributed by atoms with Crippen LogP contribution in [0.5, 0.6) is 0 Å². The molecule has 0 saturated heterocycles. The zero-order valence-electron chi connectivity index (χ0n) is 15.3. The van der Waals surface area contributed by atoms with Gasteiger partial charge < -0.3 is 4.42 Å². The maximum Gasteiger partial charge on any atom is 0.263 e. The Labute approximate surface area is 170 Å². The van der Waals surface area contributed by atoms with Gasteiger partial charge in [0.15, 0.2) is 5.16 Å². The van der Waals surface area contributed by atoms with Crippen LogP contribution in [0.4, 0.5) is 0 Å². The summed E-state index contributed by atoms with van der Waals surface area (Å²) >= 11 is 3.27. The number of nitrogens with zero attached hydrogens (tertiary/aromatic N) is 3. The summed E-state index contributed by atoms with van der Waals surface area (Å²) in [7, 11) is 0. The van der Waals surface area contributed by atoms with Gasteiger partial charge in [-0.15, -0.1) is 11.3 Å². The molecule has 4 aromatic heterocycles. The predicted octanol–water partition coefficient (Wildman–Crippen LogP) is 4.67. The Hall–Kier alpha value is -2.38. The van der Waals surface area contributed by atoms with Crippen LogP contribution < -0.4 is 5.56 Å². The largest absolute Gasteiger partial charge is 0.467 e. The van der Waals surface area contributed by atoms with Crippen LogP contribution in [0.1, 0.15) is 34.6 Å². The van der Waals surface area contributed by atoms with Crippen LogP contribution >= 0.6 is 23.1 Å². The lowest BCUT2D eigenvalue weighted by Crippen LogP contribution is -2.24. The van der Waals surface area contributed by atoms with Crippen molar-refractivity contribution in [2.75, 3.05) is 0 Å². The zero-order valence-corrected chi connectivity index (χ0v) is 16.9. The van der Waals surface area contributed by atoms with Crippen LogP contribution in [0.15, 0.2) is 57.3 Å². The average Bonchev–Trinajstić information content (AvgIpc) is 3.37. The van der Waals surface area contributed by atoms with E-state index in [9.17, 15) is 4.79 Å². The van der Waals surface area contributed by atoms with Crippen molar-refractivity contribution in [3.63, 3.8) is 0 Å². The van der Waals surface area contributed by atoms with E-state index in [0.29, 0.717) is 6.54 Å². The summed E-state index contributed by atoms with van der Waals surface area (Å²) < 4.78 is 7.28. The average molecular weight is 410 g/mol. The molecular weight excluding hydrogens is 390 g/mol. The molecule has 0 saturated carbocycles. The number of rotatable bonds is 5. The van der Waals surface area contributed by atoms with Gasteiger partial charge in [0.1, 0.15) is 10.6 Å². The van der Waals surface area contributed by atoms with Gasteiger partial charge in [0, 0.05) is 23.0 Å². The summed E-state index contributed by atoms with van der Waals surface area (Å²) in [4.78, 5) is 24.8. The number of pyridine rings is 1. The Bertz CT molecular complexity index is 1160. The molecule has 4 heterocycles. The van der Waals surface area contributed by atoms with Gasteiger partial charge in [-0.3, -0.25) is 14.3 Å². The molecule has 4 aromatic rings. The molecule has 0 amide bonds. The van der Waals surface area contributed by atoms with Gasteiger partial charge in [-0.25, -0.2) is 4.98 Å². The monoisotopic (exact) mass is 409 g/mol. The van der Waals surface area contributed by atoms with E-state index in [1.54, 1.807) is 40.1 Å². The minimum Gasteiger partial charge on any atom is -0.467 e. The quantitative estimate of drug-likeness (QED) is 0.354. The lowest BCUT2D eigenvalue weighted by atomic mass is 9.97. The van der Waals surface area contributed by atoms with Gasteiger partial charge in [-0.1, -0.05) is 17.8 Å². The SMILES string of the molecule is O=c1c2c3c(sc2nc(SCc2cccnc2)n1Cc1ccco1)CCCC3. The maximum atomic E-state index is 13.5. The molecule has 0 atom stereocenters. The number of furan rings is 1. The van der Waals surface area contributed by atoms with E-state index in [4.69, 9.17) is 9.40 Å². The van der Waals surface area contributed by atoms with E-state index in [0.717, 1.165) is 51.7 Å². The Morgan fingerprint density at radius 1 is 1.21 bits per heavy atom. The Balaban J connectivity index is 1.61. The van der Waals surface area contributed by atoms with Crippen molar-refractivity contribution in [1.82, 2.24) is 14.5 Å². The number of hydrogen-bond donors (Lipinski definition) is 0. The van der Waals surface area contributed by atoms with Crippen molar-refractivity contribution in [2.45, 2.75) is 43.1 Å². The van der Waals surface area contributed by atoms with Crippen LogP contribution in [0, 0.1) is 0 Å². The van der Waals surface area contributed by atoms with Gasteiger partial charge in [-0.05, 0) is 55.0 Å². The molecule has 5 rings (SSSR count). The summed E-state index contributed by atoms with van der Waals surface area (Å²) in [6, 6.07) is 7.71. The van der Waals surface area contributed by atoms with Crippen molar-refractivity contribution in [2.24, 2.45) is 0 Å². The Morgan fingerprint density at radius 3 is 2.96 bits per heavy atom. The molecule has 0 radical (unpaired) electrons. The third-order valence-electron chi connectivity index (χ3n) is 5.02. The van der Waals surface area contributed by atoms with Gasteiger partial charge >= 0.3 is 0 Å². The minimum atomic E-state index is 0.0505. The second kappa shape index (κ2) is 7.56. The van der Waals surface area contributed by atoms with Gasteiger partial charge in [0.05, 0.1) is 18.2 Å². The first-order valence-electron chi connectivity index (χ1n) is 9.39. The first kappa shape index (κ1) is 17.7. The molecule has 0 unspecified atom stereocenters. The zero-order chi connectivity index (χ0) is 18.9. The molecule has 0 aliphatic heterocycles. The lowest BCUT2D eigenvalue weighted by Gasteiger charge is -2.12. The van der Waals surface area contributed by atoms with Gasteiger partial charge in [0.2, 0.25) is 0 Å².